The number of rotatable bonds is 11. The van der Waals surface area contributed by atoms with Crippen LogP contribution in [0.5, 0.6) is 5.75 Å². The lowest BCUT2D eigenvalue weighted by Crippen LogP contribution is -2.51. The molecular weight excluding hydrogens is 436 g/mol. The maximum atomic E-state index is 13.3. The van der Waals surface area contributed by atoms with Gasteiger partial charge in [-0.1, -0.05) is 68.1 Å². The molecule has 1 aliphatic rings. The van der Waals surface area contributed by atoms with E-state index >= 15 is 0 Å². The second-order valence-electron chi connectivity index (χ2n) is 8.68. The highest BCUT2D eigenvalue weighted by Crippen LogP contribution is 2.20. The number of amides is 2. The summed E-state index contributed by atoms with van der Waals surface area (Å²) in [6.07, 6.45) is 7.05. The zero-order chi connectivity index (χ0) is 23.5. The molecule has 6 heteroatoms. The first-order chi connectivity index (χ1) is 16.1. The Bertz CT molecular complexity index is 867. The lowest BCUT2D eigenvalue weighted by atomic mass is 9.95. The van der Waals surface area contributed by atoms with Crippen molar-refractivity contribution in [3.8, 4) is 5.75 Å². The van der Waals surface area contributed by atoms with Crippen LogP contribution in [0.2, 0.25) is 5.02 Å². The standard InChI is InChI=1S/C27H35ClN2O3/c1-2-25(27(32)29-23-10-5-3-6-11-23)30(20-21-15-17-22(28)18-16-21)26(31)14-9-19-33-24-12-7-4-8-13-24/h4,7-8,12-13,15-18,23,25H,2-3,5-6,9-11,14,19-20H2,1H3,(H,29,32)/t25-/m0/s1. The predicted molar refractivity (Wildman–Crippen MR) is 132 cm³/mol. The van der Waals surface area contributed by atoms with Gasteiger partial charge in [-0.25, -0.2) is 0 Å². The molecule has 0 saturated heterocycles. The molecular formula is C27H35ClN2O3. The van der Waals surface area contributed by atoms with Crippen molar-refractivity contribution in [2.75, 3.05) is 6.61 Å². The van der Waals surface area contributed by atoms with Crippen molar-refractivity contribution >= 4 is 23.4 Å². The number of carbonyl (C=O) groups excluding carboxylic acids is 2. The Balaban J connectivity index is 1.64. The normalized spacial score (nSPS) is 15.0. The van der Waals surface area contributed by atoms with Crippen LogP contribution in [-0.2, 0) is 16.1 Å². The topological polar surface area (TPSA) is 58.6 Å². The molecule has 33 heavy (non-hydrogen) atoms. The lowest BCUT2D eigenvalue weighted by Gasteiger charge is -2.33. The van der Waals surface area contributed by atoms with Crippen LogP contribution in [0.25, 0.3) is 0 Å². The molecule has 2 aromatic carbocycles. The van der Waals surface area contributed by atoms with Crippen LogP contribution in [0, 0.1) is 0 Å². The number of para-hydroxylation sites is 1. The molecule has 0 aliphatic heterocycles. The summed E-state index contributed by atoms with van der Waals surface area (Å²) in [7, 11) is 0. The highest BCUT2D eigenvalue weighted by Gasteiger charge is 2.30. The van der Waals surface area contributed by atoms with E-state index in [9.17, 15) is 9.59 Å². The summed E-state index contributed by atoms with van der Waals surface area (Å²) in [6.45, 7) is 2.80. The van der Waals surface area contributed by atoms with E-state index in [-0.39, 0.29) is 17.9 Å². The zero-order valence-corrected chi connectivity index (χ0v) is 20.2. The molecule has 2 amide bonds. The first kappa shape index (κ1) is 25.1. The van der Waals surface area contributed by atoms with E-state index < -0.39 is 6.04 Å². The summed E-state index contributed by atoms with van der Waals surface area (Å²) < 4.78 is 5.74. The third kappa shape index (κ3) is 8.08. The number of benzene rings is 2. The molecule has 2 aromatic rings. The largest absolute Gasteiger partial charge is 0.494 e. The Hall–Kier alpha value is -2.53. The Labute approximate surface area is 202 Å². The highest BCUT2D eigenvalue weighted by atomic mass is 35.5. The molecule has 0 heterocycles. The van der Waals surface area contributed by atoms with Crippen molar-refractivity contribution in [3.05, 3.63) is 65.2 Å². The number of halogens is 1. The van der Waals surface area contributed by atoms with E-state index in [0.717, 1.165) is 37.0 Å². The molecule has 0 bridgehead atoms. The van der Waals surface area contributed by atoms with Crippen LogP contribution in [0.1, 0.15) is 63.9 Å². The van der Waals surface area contributed by atoms with E-state index in [1.54, 1.807) is 4.90 Å². The Morgan fingerprint density at radius 1 is 1.06 bits per heavy atom. The third-order valence-electron chi connectivity index (χ3n) is 6.15. The van der Waals surface area contributed by atoms with Gasteiger partial charge in [0, 0.05) is 24.0 Å². The fraction of sp³-hybridized carbons (Fsp3) is 0.481. The van der Waals surface area contributed by atoms with Crippen molar-refractivity contribution in [1.29, 1.82) is 0 Å². The maximum absolute atomic E-state index is 13.3. The van der Waals surface area contributed by atoms with Gasteiger partial charge in [0.15, 0.2) is 0 Å². The van der Waals surface area contributed by atoms with E-state index in [0.29, 0.717) is 37.4 Å². The minimum absolute atomic E-state index is 0.0349. The fourth-order valence-electron chi connectivity index (χ4n) is 4.32. The van der Waals surface area contributed by atoms with Gasteiger partial charge in [-0.2, -0.15) is 0 Å². The smallest absolute Gasteiger partial charge is 0.243 e. The average molecular weight is 471 g/mol. The molecule has 0 aromatic heterocycles. The summed E-state index contributed by atoms with van der Waals surface area (Å²) in [5.74, 6) is 0.709. The summed E-state index contributed by atoms with van der Waals surface area (Å²) in [5, 5.41) is 3.86. The molecule has 1 N–H and O–H groups in total. The van der Waals surface area contributed by atoms with Gasteiger partial charge in [0.2, 0.25) is 11.8 Å². The Morgan fingerprint density at radius 2 is 1.76 bits per heavy atom. The van der Waals surface area contributed by atoms with E-state index in [1.165, 1.54) is 6.42 Å². The number of carbonyl (C=O) groups is 2. The summed E-state index contributed by atoms with van der Waals surface area (Å²) >= 11 is 6.04. The van der Waals surface area contributed by atoms with Crippen molar-refractivity contribution in [3.63, 3.8) is 0 Å². The quantitative estimate of drug-likeness (QED) is 0.425. The van der Waals surface area contributed by atoms with Crippen LogP contribution in [0.15, 0.2) is 54.6 Å². The maximum Gasteiger partial charge on any atom is 0.243 e. The molecule has 1 saturated carbocycles. The molecule has 178 valence electrons. The number of hydrogen-bond donors (Lipinski definition) is 1. The van der Waals surface area contributed by atoms with E-state index in [4.69, 9.17) is 16.3 Å². The lowest BCUT2D eigenvalue weighted by molar-refractivity contribution is -0.142. The van der Waals surface area contributed by atoms with Gasteiger partial charge >= 0.3 is 0 Å². The van der Waals surface area contributed by atoms with Crippen molar-refractivity contribution < 1.29 is 14.3 Å². The van der Waals surface area contributed by atoms with Crippen LogP contribution in [0.3, 0.4) is 0 Å². The minimum atomic E-state index is -0.495. The molecule has 5 nitrogen and oxygen atoms in total. The molecule has 0 radical (unpaired) electrons. The molecule has 1 atom stereocenters. The number of nitrogens with one attached hydrogen (secondary N) is 1. The predicted octanol–water partition coefficient (Wildman–Crippen LogP) is 5.76. The molecule has 0 unspecified atom stereocenters. The minimum Gasteiger partial charge on any atom is -0.494 e. The SMILES string of the molecule is CC[C@@H](C(=O)NC1CCCCC1)N(Cc1ccc(Cl)cc1)C(=O)CCCOc1ccccc1. The number of hydrogen-bond acceptors (Lipinski definition) is 3. The van der Waals surface area contributed by atoms with Gasteiger partial charge in [-0.3, -0.25) is 9.59 Å². The fourth-order valence-corrected chi connectivity index (χ4v) is 4.45. The van der Waals surface area contributed by atoms with Crippen LogP contribution in [0.4, 0.5) is 0 Å². The van der Waals surface area contributed by atoms with Crippen LogP contribution >= 0.6 is 11.6 Å². The van der Waals surface area contributed by atoms with Gasteiger partial charge in [-0.15, -0.1) is 0 Å². The number of ether oxygens (including phenoxy) is 1. The summed E-state index contributed by atoms with van der Waals surface area (Å²) in [5.41, 5.74) is 0.956. The molecule has 0 spiro atoms. The average Bonchev–Trinajstić information content (AvgIpc) is 2.84. The summed E-state index contributed by atoms with van der Waals surface area (Å²) in [4.78, 5) is 28.2. The van der Waals surface area contributed by atoms with Gasteiger partial charge in [0.25, 0.3) is 0 Å². The molecule has 3 rings (SSSR count). The van der Waals surface area contributed by atoms with Crippen molar-refractivity contribution in [2.24, 2.45) is 0 Å². The Morgan fingerprint density at radius 3 is 2.42 bits per heavy atom. The third-order valence-corrected chi connectivity index (χ3v) is 6.40. The van der Waals surface area contributed by atoms with Crippen molar-refractivity contribution in [1.82, 2.24) is 10.2 Å². The number of nitrogens with zero attached hydrogens (tertiary/aromatic N) is 1. The van der Waals surface area contributed by atoms with Gasteiger partial charge < -0.3 is 15.0 Å². The van der Waals surface area contributed by atoms with Crippen LogP contribution in [-0.4, -0.2) is 35.4 Å². The molecule has 1 aliphatic carbocycles. The van der Waals surface area contributed by atoms with Crippen LogP contribution < -0.4 is 10.1 Å². The first-order valence-electron chi connectivity index (χ1n) is 12.1. The zero-order valence-electron chi connectivity index (χ0n) is 19.5. The monoisotopic (exact) mass is 470 g/mol. The second kappa shape index (κ2) is 13.2. The summed E-state index contributed by atoms with van der Waals surface area (Å²) in [6, 6.07) is 16.8. The molecule has 1 fully saturated rings. The van der Waals surface area contributed by atoms with E-state index in [1.807, 2.05) is 61.5 Å². The van der Waals surface area contributed by atoms with Gasteiger partial charge in [0.1, 0.15) is 11.8 Å². The van der Waals surface area contributed by atoms with E-state index in [2.05, 4.69) is 5.32 Å². The van der Waals surface area contributed by atoms with Gasteiger partial charge in [0.05, 0.1) is 6.61 Å². The van der Waals surface area contributed by atoms with Gasteiger partial charge in [-0.05, 0) is 55.5 Å². The first-order valence-corrected chi connectivity index (χ1v) is 12.5. The highest BCUT2D eigenvalue weighted by molar-refractivity contribution is 6.30. The Kier molecular flexibility index (Phi) is 10.1. The second-order valence-corrected chi connectivity index (χ2v) is 9.12. The van der Waals surface area contributed by atoms with Crippen molar-refractivity contribution in [2.45, 2.75) is 76.9 Å².